The quantitative estimate of drug-likeness (QED) is 0.592. The van der Waals surface area contributed by atoms with Crippen molar-refractivity contribution in [1.29, 1.82) is 0 Å². The van der Waals surface area contributed by atoms with Crippen LogP contribution in [0.25, 0.3) is 0 Å². The fourth-order valence-electron chi connectivity index (χ4n) is 2.48. The molecule has 0 bridgehead atoms. The Kier molecular flexibility index (Phi) is 3.54. The zero-order valence-corrected chi connectivity index (χ0v) is 10.6. The van der Waals surface area contributed by atoms with Crippen LogP contribution in [0.4, 0.5) is 0 Å². The van der Waals surface area contributed by atoms with E-state index in [9.17, 15) is 18.0 Å². The summed E-state index contributed by atoms with van der Waals surface area (Å²) in [5.74, 6) is -0.496. The van der Waals surface area contributed by atoms with E-state index in [0.717, 1.165) is 0 Å². The van der Waals surface area contributed by atoms with Gasteiger partial charge in [-0.15, -0.1) is 0 Å². The van der Waals surface area contributed by atoms with E-state index >= 15 is 0 Å². The summed E-state index contributed by atoms with van der Waals surface area (Å²) in [4.78, 5) is 23.9. The average Bonchev–Trinajstić information content (AvgIpc) is 2.60. The van der Waals surface area contributed by atoms with E-state index in [-0.39, 0.29) is 17.7 Å². The number of amides is 2. The summed E-state index contributed by atoms with van der Waals surface area (Å²) in [5, 5.41) is -0.697. The van der Waals surface area contributed by atoms with E-state index in [1.807, 2.05) is 0 Å². The largest absolute Gasteiger partial charge is 0.285 e. The molecule has 0 spiro atoms. The number of carbonyl (C=O) groups is 2. The van der Waals surface area contributed by atoms with Crippen LogP contribution in [0.5, 0.6) is 0 Å². The van der Waals surface area contributed by atoms with Crippen LogP contribution in [0, 0.1) is 5.92 Å². The maximum Gasteiger partial charge on any atom is 0.267 e. The van der Waals surface area contributed by atoms with E-state index in [1.54, 1.807) is 0 Å². The molecule has 0 unspecified atom stereocenters. The summed E-state index contributed by atoms with van der Waals surface area (Å²) in [6, 6.07) is 0. The monoisotopic (exact) mass is 273 g/mol. The highest BCUT2D eigenvalue weighted by molar-refractivity contribution is 7.86. The van der Waals surface area contributed by atoms with Crippen LogP contribution in [0.3, 0.4) is 0 Å². The minimum Gasteiger partial charge on any atom is -0.285 e. The number of rotatable bonds is 3. The molecule has 1 heterocycles. The minimum absolute atomic E-state index is 0.121. The minimum atomic E-state index is -3.96. The molecule has 0 aromatic heterocycles. The second-order valence-electron chi connectivity index (χ2n) is 4.78. The molecule has 0 radical (unpaired) electrons. The highest BCUT2D eigenvalue weighted by atomic mass is 32.2. The Morgan fingerprint density at radius 2 is 1.61 bits per heavy atom. The van der Waals surface area contributed by atoms with Gasteiger partial charge in [0.05, 0.1) is 5.25 Å². The summed E-state index contributed by atoms with van der Waals surface area (Å²) in [7, 11) is -3.96. The fraction of sp³-hybridized carbons (Fsp3) is 0.636. The zero-order chi connectivity index (χ0) is 13.3. The molecule has 1 aliphatic heterocycles. The van der Waals surface area contributed by atoms with Crippen LogP contribution in [0.1, 0.15) is 25.7 Å². The summed E-state index contributed by atoms with van der Waals surface area (Å²) in [5.41, 5.74) is 0. The highest BCUT2D eigenvalue weighted by Gasteiger charge is 2.32. The SMILES string of the molecule is O=C1C=CC(=O)N1CC1CCC(S(=O)(=O)O)CC1. The third-order valence-electron chi connectivity index (χ3n) is 3.56. The van der Waals surface area contributed by atoms with Gasteiger partial charge < -0.3 is 0 Å². The Hall–Kier alpha value is -1.21. The number of carbonyl (C=O) groups excluding carboxylic acids is 2. The smallest absolute Gasteiger partial charge is 0.267 e. The van der Waals surface area contributed by atoms with Crippen LogP contribution < -0.4 is 0 Å². The molecule has 0 aromatic rings. The summed E-state index contributed by atoms with van der Waals surface area (Å²) < 4.78 is 30.9. The van der Waals surface area contributed by atoms with Crippen molar-refractivity contribution in [3.05, 3.63) is 12.2 Å². The normalized spacial score (nSPS) is 29.1. The van der Waals surface area contributed by atoms with Crippen molar-refractivity contribution in [3.63, 3.8) is 0 Å². The molecule has 1 aliphatic carbocycles. The van der Waals surface area contributed by atoms with Crippen molar-refractivity contribution in [1.82, 2.24) is 4.90 Å². The van der Waals surface area contributed by atoms with Gasteiger partial charge in [-0.3, -0.25) is 19.0 Å². The Morgan fingerprint density at radius 1 is 1.11 bits per heavy atom. The van der Waals surface area contributed by atoms with E-state index < -0.39 is 15.4 Å². The van der Waals surface area contributed by atoms with Gasteiger partial charge in [0.15, 0.2) is 0 Å². The average molecular weight is 273 g/mol. The summed E-state index contributed by atoms with van der Waals surface area (Å²) >= 11 is 0. The maximum atomic E-state index is 11.4. The third-order valence-corrected chi connectivity index (χ3v) is 4.87. The van der Waals surface area contributed by atoms with Gasteiger partial charge in [0.2, 0.25) is 0 Å². The number of hydrogen-bond acceptors (Lipinski definition) is 4. The van der Waals surface area contributed by atoms with Gasteiger partial charge in [0, 0.05) is 18.7 Å². The van der Waals surface area contributed by atoms with Crippen molar-refractivity contribution in [3.8, 4) is 0 Å². The predicted octanol–water partition coefficient (Wildman–Crippen LogP) is 0.358. The molecule has 6 nitrogen and oxygen atoms in total. The first-order chi connectivity index (χ1) is 8.38. The van der Waals surface area contributed by atoms with Crippen LogP contribution in [-0.2, 0) is 19.7 Å². The molecule has 7 heteroatoms. The van der Waals surface area contributed by atoms with E-state index in [4.69, 9.17) is 4.55 Å². The lowest BCUT2D eigenvalue weighted by Gasteiger charge is -2.29. The second kappa shape index (κ2) is 4.81. The van der Waals surface area contributed by atoms with Gasteiger partial charge in [0.1, 0.15) is 0 Å². The van der Waals surface area contributed by atoms with Crippen molar-refractivity contribution < 1.29 is 22.6 Å². The lowest BCUT2D eigenvalue weighted by Crippen LogP contribution is -2.37. The molecule has 0 atom stereocenters. The standard InChI is InChI=1S/C11H15NO5S/c13-10-5-6-11(14)12(10)7-8-1-3-9(4-2-8)18(15,16)17/h5-6,8-9H,1-4,7H2,(H,15,16,17). The van der Waals surface area contributed by atoms with Gasteiger partial charge in [0.25, 0.3) is 21.9 Å². The topological polar surface area (TPSA) is 91.8 Å². The molecule has 0 saturated heterocycles. The molecule has 1 N–H and O–H groups in total. The Bertz CT molecular complexity index is 470. The van der Waals surface area contributed by atoms with Crippen LogP contribution in [0.2, 0.25) is 0 Å². The number of hydrogen-bond donors (Lipinski definition) is 1. The van der Waals surface area contributed by atoms with Crippen molar-refractivity contribution in [2.75, 3.05) is 6.54 Å². The first-order valence-electron chi connectivity index (χ1n) is 5.88. The van der Waals surface area contributed by atoms with E-state index in [2.05, 4.69) is 0 Å². The number of imide groups is 1. The Labute approximate surface area is 105 Å². The highest BCUT2D eigenvalue weighted by Crippen LogP contribution is 2.29. The zero-order valence-electron chi connectivity index (χ0n) is 9.78. The first kappa shape index (κ1) is 13.2. The Balaban J connectivity index is 1.88. The maximum absolute atomic E-state index is 11.4. The predicted molar refractivity (Wildman–Crippen MR) is 63.2 cm³/mol. The van der Waals surface area contributed by atoms with Gasteiger partial charge in [-0.1, -0.05) is 0 Å². The molecule has 2 rings (SSSR count). The molecule has 18 heavy (non-hydrogen) atoms. The molecule has 2 amide bonds. The lowest BCUT2D eigenvalue weighted by molar-refractivity contribution is -0.137. The van der Waals surface area contributed by atoms with Crippen molar-refractivity contribution in [2.45, 2.75) is 30.9 Å². The molecule has 1 fully saturated rings. The van der Waals surface area contributed by atoms with Gasteiger partial charge in [-0.2, -0.15) is 8.42 Å². The number of nitrogens with zero attached hydrogens (tertiary/aromatic N) is 1. The fourth-order valence-corrected chi connectivity index (χ4v) is 3.35. The second-order valence-corrected chi connectivity index (χ2v) is 6.47. The van der Waals surface area contributed by atoms with Gasteiger partial charge in [-0.05, 0) is 31.6 Å². The Morgan fingerprint density at radius 3 is 2.06 bits per heavy atom. The van der Waals surface area contributed by atoms with Crippen LogP contribution >= 0.6 is 0 Å². The molecular weight excluding hydrogens is 258 g/mol. The molecule has 1 saturated carbocycles. The molecule has 2 aliphatic rings. The first-order valence-corrected chi connectivity index (χ1v) is 7.38. The van der Waals surface area contributed by atoms with Crippen molar-refractivity contribution in [2.24, 2.45) is 5.92 Å². The summed E-state index contributed by atoms with van der Waals surface area (Å²) in [6.45, 7) is 0.336. The molecular formula is C11H15NO5S. The van der Waals surface area contributed by atoms with Gasteiger partial charge in [-0.25, -0.2) is 0 Å². The van der Waals surface area contributed by atoms with Crippen molar-refractivity contribution >= 4 is 21.9 Å². The van der Waals surface area contributed by atoms with E-state index in [1.165, 1.54) is 17.1 Å². The van der Waals surface area contributed by atoms with E-state index in [0.29, 0.717) is 32.2 Å². The summed E-state index contributed by atoms with van der Waals surface area (Å²) in [6.07, 6.45) is 4.45. The lowest BCUT2D eigenvalue weighted by atomic mass is 9.88. The molecule has 100 valence electrons. The molecule has 0 aromatic carbocycles. The van der Waals surface area contributed by atoms with Gasteiger partial charge >= 0.3 is 0 Å². The van der Waals surface area contributed by atoms with Crippen LogP contribution in [-0.4, -0.2) is 41.5 Å². The van der Waals surface area contributed by atoms with Crippen LogP contribution in [0.15, 0.2) is 12.2 Å². The third kappa shape index (κ3) is 2.78.